The Morgan fingerprint density at radius 1 is 0.909 bits per heavy atom. The Kier molecular flexibility index (Phi) is 10.8. The molecule has 0 saturated heterocycles. The molecule has 0 aliphatic heterocycles. The van der Waals surface area contributed by atoms with Crippen LogP contribution in [0.25, 0.3) is 0 Å². The zero-order chi connectivity index (χ0) is 31.5. The summed E-state index contributed by atoms with van der Waals surface area (Å²) in [7, 11) is 5.88. The first kappa shape index (κ1) is 31.8. The third-order valence-electron chi connectivity index (χ3n) is 7.25. The van der Waals surface area contributed by atoms with E-state index in [9.17, 15) is 10.1 Å². The molecule has 0 aromatic heterocycles. The van der Waals surface area contributed by atoms with Crippen LogP contribution < -0.4 is 9.91 Å². The van der Waals surface area contributed by atoms with Crippen LogP contribution in [0.1, 0.15) is 32.3 Å². The highest BCUT2D eigenvalue weighted by molar-refractivity contribution is 5.94. The molecule has 0 heterocycles. The van der Waals surface area contributed by atoms with Gasteiger partial charge in [0, 0.05) is 26.8 Å². The van der Waals surface area contributed by atoms with Crippen LogP contribution in [0, 0.1) is 16.7 Å². The number of para-hydroxylation sites is 2. The molecule has 7 nitrogen and oxygen atoms in total. The number of allylic oxidation sites excluding steroid dienone is 4. The molecule has 0 unspecified atom stereocenters. The highest BCUT2D eigenvalue weighted by atomic mass is 16.5. The predicted octanol–water partition coefficient (Wildman–Crippen LogP) is 7.48. The molecule has 0 saturated carbocycles. The summed E-state index contributed by atoms with van der Waals surface area (Å²) in [5.41, 5.74) is 5.73. The van der Waals surface area contributed by atoms with Gasteiger partial charge in [0.1, 0.15) is 18.2 Å². The molecule has 0 N–H and O–H groups in total. The Hall–Kier alpha value is -5.09. The fraction of sp³-hybridized carbons (Fsp3) is 0.270. The summed E-state index contributed by atoms with van der Waals surface area (Å²) >= 11 is 0. The molecular weight excluding hydrogens is 546 g/mol. The van der Waals surface area contributed by atoms with Crippen molar-refractivity contribution in [1.29, 1.82) is 5.26 Å². The molecule has 0 spiro atoms. The van der Waals surface area contributed by atoms with Crippen molar-refractivity contribution in [3.8, 4) is 6.07 Å². The van der Waals surface area contributed by atoms with Gasteiger partial charge in [0.2, 0.25) is 0 Å². The van der Waals surface area contributed by atoms with E-state index in [2.05, 4.69) is 19.9 Å². The first-order chi connectivity index (χ1) is 21.1. The number of benzene rings is 3. The van der Waals surface area contributed by atoms with E-state index < -0.39 is 5.97 Å². The van der Waals surface area contributed by atoms with Crippen LogP contribution in [0.5, 0.6) is 0 Å². The van der Waals surface area contributed by atoms with Crippen molar-refractivity contribution in [2.75, 3.05) is 44.2 Å². The number of hydrogen-bond acceptors (Lipinski definition) is 7. The highest BCUT2D eigenvalue weighted by Gasteiger charge is 2.28. The summed E-state index contributed by atoms with van der Waals surface area (Å²) in [6.45, 7) is 4.96. The highest BCUT2D eigenvalue weighted by Crippen LogP contribution is 2.39. The number of hydrogen-bond donors (Lipinski definition) is 0. The normalized spacial score (nSPS) is 15.4. The van der Waals surface area contributed by atoms with Gasteiger partial charge in [-0.25, -0.2) is 9.80 Å². The van der Waals surface area contributed by atoms with Crippen LogP contribution in [0.15, 0.2) is 125 Å². The van der Waals surface area contributed by atoms with Gasteiger partial charge in [0.15, 0.2) is 0 Å². The average Bonchev–Trinajstić information content (AvgIpc) is 3.01. The number of carbonyl (C=O) groups is 1. The Labute approximate surface area is 261 Å². The second kappa shape index (κ2) is 14.9. The van der Waals surface area contributed by atoms with E-state index in [0.717, 1.165) is 40.2 Å². The molecule has 7 heteroatoms. The van der Waals surface area contributed by atoms with Crippen molar-refractivity contribution in [2.45, 2.75) is 26.7 Å². The van der Waals surface area contributed by atoms with Gasteiger partial charge >= 0.3 is 5.97 Å². The second-order valence-electron chi connectivity index (χ2n) is 11.9. The fourth-order valence-corrected chi connectivity index (χ4v) is 5.05. The number of hydrazone groups is 1. The zero-order valence-corrected chi connectivity index (χ0v) is 26.3. The molecular formula is C37H41N5O2. The molecule has 3 aromatic carbocycles. The standard InChI is InChI=1S/C37H41N5O2/c1-37(2)25-30(20-21-40(3)4)24-31(26-37)35(27-38)36(43)44-23-22-41(5)32-18-16-29(17-19-32)28-39-42(33-12-8-6-9-13-33)34-14-10-7-11-15-34/h6-21,24,28H,22-23,25-26H2,1-5H3/b21-20+,35-31+,39-28+. The number of nitrogens with zero attached hydrogens (tertiary/aromatic N) is 5. The number of anilines is 3. The van der Waals surface area contributed by atoms with Gasteiger partial charge in [-0.05, 0) is 83.6 Å². The summed E-state index contributed by atoms with van der Waals surface area (Å²) in [5, 5.41) is 16.5. The Balaban J connectivity index is 1.38. The summed E-state index contributed by atoms with van der Waals surface area (Å²) in [6, 6.07) is 30.2. The first-order valence-corrected chi connectivity index (χ1v) is 14.8. The fourth-order valence-electron chi connectivity index (χ4n) is 5.05. The van der Waals surface area contributed by atoms with Crippen molar-refractivity contribution < 1.29 is 9.53 Å². The molecule has 3 aromatic rings. The van der Waals surface area contributed by atoms with E-state index in [1.165, 1.54) is 0 Å². The maximum Gasteiger partial charge on any atom is 0.349 e. The lowest BCUT2D eigenvalue weighted by molar-refractivity contribution is -0.138. The largest absolute Gasteiger partial charge is 0.460 e. The van der Waals surface area contributed by atoms with E-state index in [4.69, 9.17) is 9.84 Å². The Morgan fingerprint density at radius 2 is 1.52 bits per heavy atom. The van der Waals surface area contributed by atoms with E-state index in [1.54, 1.807) is 0 Å². The van der Waals surface area contributed by atoms with Gasteiger partial charge < -0.3 is 14.5 Å². The van der Waals surface area contributed by atoms with Crippen molar-refractivity contribution in [2.24, 2.45) is 10.5 Å². The van der Waals surface area contributed by atoms with Crippen molar-refractivity contribution in [3.63, 3.8) is 0 Å². The van der Waals surface area contributed by atoms with E-state index in [-0.39, 0.29) is 17.6 Å². The maximum atomic E-state index is 13.0. The third-order valence-corrected chi connectivity index (χ3v) is 7.25. The van der Waals surface area contributed by atoms with Crippen LogP contribution >= 0.6 is 0 Å². The molecule has 1 aliphatic carbocycles. The third kappa shape index (κ3) is 8.95. The minimum atomic E-state index is -0.575. The molecule has 1 aliphatic rings. The summed E-state index contributed by atoms with van der Waals surface area (Å²) in [6.07, 6.45) is 9.34. The van der Waals surface area contributed by atoms with Gasteiger partial charge in [-0.3, -0.25) is 0 Å². The first-order valence-electron chi connectivity index (χ1n) is 14.8. The number of carbonyl (C=O) groups excluding carboxylic acids is 1. The van der Waals surface area contributed by atoms with Crippen LogP contribution in [0.4, 0.5) is 17.1 Å². The minimum Gasteiger partial charge on any atom is -0.460 e. The summed E-state index contributed by atoms with van der Waals surface area (Å²) < 4.78 is 5.57. The van der Waals surface area contributed by atoms with Gasteiger partial charge in [-0.15, -0.1) is 0 Å². The SMILES string of the molecule is CN(C)/C=C/C1=CC(=C(/C#N)C(=O)OCCN(C)c2ccc(/C=N/N(c3ccccc3)c3ccccc3)cc2)/CC(C)(C)C1. The molecule has 0 fully saturated rings. The molecule has 0 amide bonds. The van der Waals surface area contributed by atoms with E-state index >= 15 is 0 Å². The molecule has 0 radical (unpaired) electrons. The monoisotopic (exact) mass is 587 g/mol. The Bertz CT molecular complexity index is 1520. The van der Waals surface area contributed by atoms with Gasteiger partial charge in [0.25, 0.3) is 0 Å². The lowest BCUT2D eigenvalue weighted by atomic mass is 9.74. The number of rotatable bonds is 11. The predicted molar refractivity (Wildman–Crippen MR) is 180 cm³/mol. The lowest BCUT2D eigenvalue weighted by Gasteiger charge is -2.31. The quantitative estimate of drug-likeness (QED) is 0.0762. The van der Waals surface area contributed by atoms with Crippen molar-refractivity contribution in [1.82, 2.24) is 4.90 Å². The molecule has 226 valence electrons. The van der Waals surface area contributed by atoms with Crippen LogP contribution in [-0.2, 0) is 9.53 Å². The van der Waals surface area contributed by atoms with E-state index in [0.29, 0.717) is 13.0 Å². The van der Waals surface area contributed by atoms with Gasteiger partial charge in [-0.1, -0.05) is 68.5 Å². The van der Waals surface area contributed by atoms with Crippen LogP contribution in [-0.4, -0.2) is 51.4 Å². The topological polar surface area (TPSA) is 72.2 Å². The van der Waals surface area contributed by atoms with Crippen molar-refractivity contribution in [3.05, 3.63) is 126 Å². The van der Waals surface area contributed by atoms with Crippen molar-refractivity contribution >= 4 is 29.2 Å². The maximum absolute atomic E-state index is 13.0. The zero-order valence-electron chi connectivity index (χ0n) is 26.3. The average molecular weight is 588 g/mol. The number of nitriles is 1. The van der Waals surface area contributed by atoms with Crippen LogP contribution in [0.2, 0.25) is 0 Å². The molecule has 44 heavy (non-hydrogen) atoms. The Morgan fingerprint density at radius 3 is 2.09 bits per heavy atom. The molecule has 0 bridgehead atoms. The lowest BCUT2D eigenvalue weighted by Crippen LogP contribution is -2.25. The number of likely N-dealkylation sites (N-methyl/N-ethyl adjacent to an activating group) is 1. The number of esters is 1. The summed E-state index contributed by atoms with van der Waals surface area (Å²) in [5.74, 6) is -0.575. The molecule has 0 atom stereocenters. The van der Waals surface area contributed by atoms with Gasteiger partial charge in [0.05, 0.1) is 24.1 Å². The smallest absolute Gasteiger partial charge is 0.349 e. The summed E-state index contributed by atoms with van der Waals surface area (Å²) in [4.78, 5) is 16.9. The van der Waals surface area contributed by atoms with Crippen LogP contribution in [0.3, 0.4) is 0 Å². The second-order valence-corrected chi connectivity index (χ2v) is 11.9. The van der Waals surface area contributed by atoms with Gasteiger partial charge in [-0.2, -0.15) is 10.4 Å². The molecule has 4 rings (SSSR count). The minimum absolute atomic E-state index is 0.0586. The van der Waals surface area contributed by atoms with E-state index in [1.807, 2.05) is 145 Å². The number of ether oxygens (including phenoxy) is 1.